The molecule has 0 saturated carbocycles. The Bertz CT molecular complexity index is 596. The molecule has 0 fully saturated rings. The van der Waals surface area contributed by atoms with Crippen molar-refractivity contribution in [3.05, 3.63) is 63.6 Å². The molecule has 0 aliphatic carbocycles. The molecule has 0 amide bonds. The summed E-state index contributed by atoms with van der Waals surface area (Å²) in [5.74, 6) is 0.856. The summed E-state index contributed by atoms with van der Waals surface area (Å²) >= 11 is 12.4. The molecular weight excluding hydrogens is 317 g/mol. The van der Waals surface area contributed by atoms with Crippen molar-refractivity contribution in [2.24, 2.45) is 0 Å². The van der Waals surface area contributed by atoms with E-state index in [9.17, 15) is 0 Å². The molecule has 0 radical (unpaired) electrons. The number of nitrogens with one attached hydrogen (secondary N) is 1. The van der Waals surface area contributed by atoms with Gasteiger partial charge >= 0.3 is 0 Å². The lowest BCUT2D eigenvalue weighted by atomic mass is 10.1. The zero-order valence-corrected chi connectivity index (χ0v) is 14.4. The van der Waals surface area contributed by atoms with Gasteiger partial charge in [-0.1, -0.05) is 54.4 Å². The highest BCUT2D eigenvalue weighted by Gasteiger charge is 2.09. The predicted octanol–water partition coefficient (Wildman–Crippen LogP) is 5.46. The molecule has 1 N–H and O–H groups in total. The summed E-state index contributed by atoms with van der Waals surface area (Å²) in [4.78, 5) is 0. The number of hydrogen-bond acceptors (Lipinski definition) is 2. The van der Waals surface area contributed by atoms with Crippen LogP contribution in [0.25, 0.3) is 0 Å². The summed E-state index contributed by atoms with van der Waals surface area (Å²) < 4.78 is 5.94. The summed E-state index contributed by atoms with van der Waals surface area (Å²) in [5.41, 5.74) is 1.95. The van der Waals surface area contributed by atoms with E-state index >= 15 is 0 Å². The Balaban J connectivity index is 2.07. The van der Waals surface area contributed by atoms with E-state index in [2.05, 4.69) is 25.2 Å². The van der Waals surface area contributed by atoms with E-state index in [1.807, 2.05) is 36.4 Å². The first kappa shape index (κ1) is 17.1. The zero-order valence-electron chi connectivity index (χ0n) is 12.9. The highest BCUT2D eigenvalue weighted by Crippen LogP contribution is 2.27. The Morgan fingerprint density at radius 2 is 1.73 bits per heavy atom. The first-order valence-electron chi connectivity index (χ1n) is 7.48. The molecule has 0 saturated heterocycles. The first-order chi connectivity index (χ1) is 10.6. The van der Waals surface area contributed by atoms with E-state index in [1.165, 1.54) is 0 Å². The third-order valence-electron chi connectivity index (χ3n) is 3.66. The fourth-order valence-corrected chi connectivity index (χ4v) is 2.55. The van der Waals surface area contributed by atoms with Crippen molar-refractivity contribution in [3.63, 3.8) is 0 Å². The van der Waals surface area contributed by atoms with Crippen LogP contribution in [0.5, 0.6) is 5.75 Å². The SMILES string of the molecule is CCC(C)NCc1ccccc1OCc1c(Cl)cccc1Cl. The minimum atomic E-state index is 0.360. The molecule has 0 spiro atoms. The number of ether oxygens (including phenoxy) is 1. The zero-order chi connectivity index (χ0) is 15.9. The van der Waals surface area contributed by atoms with Crippen LogP contribution < -0.4 is 10.1 Å². The second-order valence-electron chi connectivity index (χ2n) is 5.29. The fourth-order valence-electron chi connectivity index (χ4n) is 2.04. The van der Waals surface area contributed by atoms with Crippen molar-refractivity contribution < 1.29 is 4.74 Å². The molecule has 1 unspecified atom stereocenters. The van der Waals surface area contributed by atoms with E-state index < -0.39 is 0 Å². The first-order valence-corrected chi connectivity index (χ1v) is 8.24. The number of rotatable bonds is 7. The molecule has 22 heavy (non-hydrogen) atoms. The summed E-state index contributed by atoms with van der Waals surface area (Å²) in [7, 11) is 0. The van der Waals surface area contributed by atoms with Gasteiger partial charge in [0.05, 0.1) is 0 Å². The normalized spacial score (nSPS) is 12.2. The summed E-state index contributed by atoms with van der Waals surface area (Å²) in [6, 6.07) is 14.0. The van der Waals surface area contributed by atoms with Crippen LogP contribution in [0.2, 0.25) is 10.0 Å². The Morgan fingerprint density at radius 1 is 1.05 bits per heavy atom. The van der Waals surface area contributed by atoms with Crippen LogP contribution in [0.15, 0.2) is 42.5 Å². The van der Waals surface area contributed by atoms with E-state index in [0.717, 1.165) is 29.8 Å². The van der Waals surface area contributed by atoms with Crippen LogP contribution in [-0.2, 0) is 13.2 Å². The van der Waals surface area contributed by atoms with Crippen molar-refractivity contribution in [3.8, 4) is 5.75 Å². The second kappa shape index (κ2) is 8.42. The van der Waals surface area contributed by atoms with Gasteiger partial charge in [0.25, 0.3) is 0 Å². The van der Waals surface area contributed by atoms with Crippen LogP contribution in [0, 0.1) is 0 Å². The molecule has 0 aliphatic heterocycles. The molecule has 0 aliphatic rings. The van der Waals surface area contributed by atoms with Crippen molar-refractivity contribution in [1.82, 2.24) is 5.32 Å². The molecule has 2 aromatic rings. The Kier molecular flexibility index (Phi) is 6.56. The Labute approximate surface area is 142 Å². The Morgan fingerprint density at radius 3 is 2.41 bits per heavy atom. The van der Waals surface area contributed by atoms with Crippen LogP contribution in [0.3, 0.4) is 0 Å². The summed E-state index contributed by atoms with van der Waals surface area (Å²) in [6.45, 7) is 5.48. The lowest BCUT2D eigenvalue weighted by Crippen LogP contribution is -2.24. The quantitative estimate of drug-likeness (QED) is 0.724. The van der Waals surface area contributed by atoms with Gasteiger partial charge in [0.15, 0.2) is 0 Å². The molecule has 118 valence electrons. The van der Waals surface area contributed by atoms with Gasteiger partial charge in [-0.05, 0) is 31.5 Å². The van der Waals surface area contributed by atoms with Gasteiger partial charge in [-0.25, -0.2) is 0 Å². The highest BCUT2D eigenvalue weighted by atomic mass is 35.5. The maximum Gasteiger partial charge on any atom is 0.124 e. The van der Waals surface area contributed by atoms with Crippen LogP contribution >= 0.6 is 23.2 Å². The average Bonchev–Trinajstić information content (AvgIpc) is 2.53. The molecule has 2 rings (SSSR count). The van der Waals surface area contributed by atoms with Crippen LogP contribution in [0.4, 0.5) is 0 Å². The molecule has 0 bridgehead atoms. The lowest BCUT2D eigenvalue weighted by Gasteiger charge is -2.15. The minimum Gasteiger partial charge on any atom is -0.488 e. The molecule has 1 atom stereocenters. The van der Waals surface area contributed by atoms with Crippen molar-refractivity contribution in [2.45, 2.75) is 39.5 Å². The molecule has 2 aromatic carbocycles. The summed E-state index contributed by atoms with van der Waals surface area (Å²) in [6.07, 6.45) is 1.10. The van der Waals surface area contributed by atoms with E-state index in [4.69, 9.17) is 27.9 Å². The minimum absolute atomic E-state index is 0.360. The number of halogens is 2. The molecule has 4 heteroatoms. The third-order valence-corrected chi connectivity index (χ3v) is 4.37. The monoisotopic (exact) mass is 337 g/mol. The summed E-state index contributed by atoms with van der Waals surface area (Å²) in [5, 5.41) is 4.73. The van der Waals surface area contributed by atoms with E-state index in [-0.39, 0.29) is 0 Å². The Hall–Kier alpha value is -1.22. The van der Waals surface area contributed by atoms with Gasteiger partial charge < -0.3 is 10.1 Å². The number of hydrogen-bond donors (Lipinski definition) is 1. The lowest BCUT2D eigenvalue weighted by molar-refractivity contribution is 0.301. The van der Waals surface area contributed by atoms with Gasteiger partial charge in [0, 0.05) is 33.8 Å². The van der Waals surface area contributed by atoms with Crippen LogP contribution in [0.1, 0.15) is 31.4 Å². The number of para-hydroxylation sites is 1. The average molecular weight is 338 g/mol. The van der Waals surface area contributed by atoms with Gasteiger partial charge in [0.2, 0.25) is 0 Å². The van der Waals surface area contributed by atoms with Gasteiger partial charge in [-0.2, -0.15) is 0 Å². The van der Waals surface area contributed by atoms with E-state index in [1.54, 1.807) is 0 Å². The third kappa shape index (κ3) is 4.64. The van der Waals surface area contributed by atoms with Crippen LogP contribution in [-0.4, -0.2) is 6.04 Å². The second-order valence-corrected chi connectivity index (χ2v) is 6.10. The maximum absolute atomic E-state index is 6.18. The standard InChI is InChI=1S/C18H21Cl2NO/c1-3-13(2)21-11-14-7-4-5-10-18(14)22-12-15-16(19)8-6-9-17(15)20/h4-10,13,21H,3,11-12H2,1-2H3. The number of benzene rings is 2. The maximum atomic E-state index is 6.18. The largest absolute Gasteiger partial charge is 0.488 e. The molecule has 0 aromatic heterocycles. The van der Waals surface area contributed by atoms with Gasteiger partial charge in [-0.15, -0.1) is 0 Å². The smallest absolute Gasteiger partial charge is 0.124 e. The molecule has 2 nitrogen and oxygen atoms in total. The van der Waals surface area contributed by atoms with E-state index in [0.29, 0.717) is 22.7 Å². The molecule has 0 heterocycles. The van der Waals surface area contributed by atoms with Gasteiger partial charge in [0.1, 0.15) is 12.4 Å². The topological polar surface area (TPSA) is 21.3 Å². The predicted molar refractivity (Wildman–Crippen MR) is 93.8 cm³/mol. The highest BCUT2D eigenvalue weighted by molar-refractivity contribution is 6.35. The van der Waals surface area contributed by atoms with Gasteiger partial charge in [-0.3, -0.25) is 0 Å². The van der Waals surface area contributed by atoms with Crippen molar-refractivity contribution in [2.75, 3.05) is 0 Å². The van der Waals surface area contributed by atoms with Crippen molar-refractivity contribution in [1.29, 1.82) is 0 Å². The molecular formula is C18H21Cl2NO. The fraction of sp³-hybridized carbons (Fsp3) is 0.333. The van der Waals surface area contributed by atoms with Crippen molar-refractivity contribution >= 4 is 23.2 Å².